The Morgan fingerprint density at radius 1 is 0.293 bits per heavy atom. The Morgan fingerprint density at radius 3 is 0.680 bits per heavy atom. The predicted molar refractivity (Wildman–Crippen MR) is 353 cm³/mol. The normalized spacial score (nSPS) is 10.8. The van der Waals surface area contributed by atoms with Crippen LogP contribution in [0.2, 0.25) is 0 Å². The fourth-order valence-corrected chi connectivity index (χ4v) is 9.78. The summed E-state index contributed by atoms with van der Waals surface area (Å²) in [6, 6.07) is 14.5. The number of aryl methyl sites for hydroxylation is 6. The van der Waals surface area contributed by atoms with Crippen LogP contribution in [0.4, 0.5) is 0 Å². The van der Waals surface area contributed by atoms with E-state index in [0.717, 1.165) is 11.8 Å². The minimum Gasteiger partial charge on any atom is -0.304 e. The van der Waals surface area contributed by atoms with Crippen LogP contribution in [0.1, 0.15) is 340 Å². The number of rotatable bonds is 36. The molecule has 0 aliphatic carbocycles. The Bertz CT molecular complexity index is 1150. The highest BCUT2D eigenvalue weighted by Gasteiger charge is 2.15. The summed E-state index contributed by atoms with van der Waals surface area (Å²) in [5.74, 6) is 2.01. The van der Waals surface area contributed by atoms with Crippen LogP contribution < -0.4 is 0 Å². The van der Waals surface area contributed by atoms with Gasteiger partial charge in [0.15, 0.2) is 0 Å². The first-order valence-electron chi connectivity index (χ1n) is 33.8. The second-order valence-corrected chi connectivity index (χ2v) is 22.5. The maximum Gasteiger partial charge on any atom is -0.00214 e. The Balaban J connectivity index is -0.000000262. The first kappa shape index (κ1) is 82.2. The molecule has 2 heteroatoms. The molecule has 0 fully saturated rings. The van der Waals surface area contributed by atoms with Crippen LogP contribution in [0, 0.1) is 17.3 Å². The molecule has 2 rings (SSSR count). The fourth-order valence-electron chi connectivity index (χ4n) is 9.78. The van der Waals surface area contributed by atoms with Crippen LogP contribution in [0.15, 0.2) is 36.4 Å². The van der Waals surface area contributed by atoms with Gasteiger partial charge in [-0.1, -0.05) is 304 Å². The predicted octanol–water partition coefficient (Wildman–Crippen LogP) is 24.2. The number of hydrogen-bond donors (Lipinski definition) is 0. The molecule has 0 aliphatic heterocycles. The summed E-state index contributed by atoms with van der Waals surface area (Å²) in [6.07, 6.45) is 39.4. The minimum absolute atomic E-state index is 0.625. The molecular formula is C73H146N2. The molecule has 0 bridgehead atoms. The van der Waals surface area contributed by atoms with Crippen molar-refractivity contribution in [3.05, 3.63) is 69.8 Å². The molecule has 0 spiro atoms. The average molecular weight is 1050 g/mol. The molecule has 0 radical (unpaired) electrons. The lowest BCUT2D eigenvalue weighted by atomic mass is 9.82. The third kappa shape index (κ3) is 52.8. The van der Waals surface area contributed by atoms with Crippen LogP contribution in [-0.4, -0.2) is 49.1 Å². The van der Waals surface area contributed by atoms with Gasteiger partial charge >= 0.3 is 0 Å². The lowest BCUT2D eigenvalue weighted by Gasteiger charge is -2.23. The highest BCUT2D eigenvalue weighted by molar-refractivity contribution is 5.31. The molecule has 2 nitrogen and oxygen atoms in total. The summed E-state index contributed by atoms with van der Waals surface area (Å²) in [5.41, 5.74) is 9.93. The summed E-state index contributed by atoms with van der Waals surface area (Å²) < 4.78 is 0. The van der Waals surface area contributed by atoms with Gasteiger partial charge in [-0.2, -0.15) is 0 Å². The van der Waals surface area contributed by atoms with Crippen LogP contribution in [0.5, 0.6) is 0 Å². The van der Waals surface area contributed by atoms with Crippen molar-refractivity contribution in [1.29, 1.82) is 0 Å². The van der Waals surface area contributed by atoms with Gasteiger partial charge in [-0.15, -0.1) is 0 Å². The zero-order valence-corrected chi connectivity index (χ0v) is 56.5. The number of benzene rings is 2. The summed E-state index contributed by atoms with van der Waals surface area (Å²) in [6.45, 7) is 57.1. The second kappa shape index (κ2) is 63.2. The van der Waals surface area contributed by atoms with Crippen LogP contribution in [-0.2, 0) is 38.5 Å². The van der Waals surface area contributed by atoms with Crippen LogP contribution >= 0.6 is 0 Å². The smallest absolute Gasteiger partial charge is 0.00214 e. The molecule has 0 heterocycles. The van der Waals surface area contributed by atoms with E-state index in [-0.39, 0.29) is 0 Å². The first-order chi connectivity index (χ1) is 36.2. The molecule has 0 saturated heterocycles. The van der Waals surface area contributed by atoms with Gasteiger partial charge in [0.2, 0.25) is 0 Å². The molecule has 0 saturated carbocycles. The van der Waals surface area contributed by atoms with Crippen LogP contribution in [0.3, 0.4) is 0 Å². The largest absolute Gasteiger partial charge is 0.304 e. The van der Waals surface area contributed by atoms with Crippen molar-refractivity contribution in [2.24, 2.45) is 17.3 Å². The second-order valence-electron chi connectivity index (χ2n) is 22.5. The van der Waals surface area contributed by atoms with Gasteiger partial charge in [-0.3, -0.25) is 0 Å². The van der Waals surface area contributed by atoms with E-state index >= 15 is 0 Å². The molecule has 0 amide bonds. The fraction of sp³-hybridized carbons (Fsp3) is 0.836. The number of unbranched alkanes of at least 4 members (excludes halogenated alkanes) is 3. The average Bonchev–Trinajstić information content (AvgIpc) is 3.41. The van der Waals surface area contributed by atoms with Gasteiger partial charge in [0.25, 0.3) is 0 Å². The SMILES string of the molecule is CCC(C)(CC)CC.CCC(CC)CC.CCCC(CCC)CCC.CCCCc1cc(CCCC)cc(CCCC)c1.CCCN(CCC)CCC.CCCc1cc(CCC)cc(CCC)c1.CCN(CC)CC. The van der Waals surface area contributed by atoms with Crippen molar-refractivity contribution in [3.8, 4) is 0 Å². The Hall–Kier alpha value is -1.64. The van der Waals surface area contributed by atoms with Crippen molar-refractivity contribution in [2.45, 2.75) is 345 Å². The summed E-state index contributed by atoms with van der Waals surface area (Å²) in [7, 11) is 0. The zero-order valence-electron chi connectivity index (χ0n) is 56.5. The third-order valence-corrected chi connectivity index (χ3v) is 15.6. The molecular weight excluding hydrogens is 905 g/mol. The molecule has 0 unspecified atom stereocenters. The number of hydrogen-bond acceptors (Lipinski definition) is 2. The van der Waals surface area contributed by atoms with E-state index in [4.69, 9.17) is 0 Å². The minimum atomic E-state index is 0.625. The quantitative estimate of drug-likeness (QED) is 0.0671. The van der Waals surface area contributed by atoms with E-state index < -0.39 is 0 Å². The topological polar surface area (TPSA) is 6.48 Å². The van der Waals surface area contributed by atoms with Crippen molar-refractivity contribution in [2.75, 3.05) is 39.3 Å². The van der Waals surface area contributed by atoms with E-state index in [0.29, 0.717) is 5.41 Å². The molecule has 2 aromatic rings. The Morgan fingerprint density at radius 2 is 0.547 bits per heavy atom. The van der Waals surface area contributed by atoms with E-state index in [2.05, 4.69) is 199 Å². The highest BCUT2D eigenvalue weighted by Crippen LogP contribution is 2.28. The van der Waals surface area contributed by atoms with Crippen molar-refractivity contribution < 1.29 is 0 Å². The maximum absolute atomic E-state index is 2.54. The van der Waals surface area contributed by atoms with E-state index in [1.165, 1.54) is 249 Å². The summed E-state index contributed by atoms with van der Waals surface area (Å²) in [5, 5.41) is 0. The summed E-state index contributed by atoms with van der Waals surface area (Å²) in [4.78, 5) is 4.92. The van der Waals surface area contributed by atoms with Gasteiger partial charge in [-0.25, -0.2) is 0 Å². The van der Waals surface area contributed by atoms with Crippen molar-refractivity contribution >= 4 is 0 Å². The molecule has 2 aromatic carbocycles. The highest BCUT2D eigenvalue weighted by atomic mass is 15.1. The Labute approximate surface area is 478 Å². The first-order valence-corrected chi connectivity index (χ1v) is 33.8. The van der Waals surface area contributed by atoms with Crippen molar-refractivity contribution in [3.63, 3.8) is 0 Å². The van der Waals surface area contributed by atoms with Crippen LogP contribution in [0.25, 0.3) is 0 Å². The molecule has 0 atom stereocenters. The van der Waals surface area contributed by atoms with Crippen molar-refractivity contribution in [1.82, 2.24) is 9.80 Å². The van der Waals surface area contributed by atoms with Gasteiger partial charge in [0, 0.05) is 0 Å². The molecule has 0 aromatic heterocycles. The Kier molecular flexibility index (Phi) is 69.3. The lowest BCUT2D eigenvalue weighted by molar-refractivity contribution is 0.275. The lowest BCUT2D eigenvalue weighted by Crippen LogP contribution is -2.25. The molecule has 448 valence electrons. The van der Waals surface area contributed by atoms with E-state index in [1.807, 2.05) is 0 Å². The molecule has 0 aliphatic rings. The standard InChI is InChI=1S/C18H30.C15H24.C10H22.C9H21N.C8H18.C7H16.C6H15N/c1-4-7-10-16-13-17(11-8-5-2)15-18(14-16)12-9-6-3;1-4-7-13-10-14(8-5-2)12-15(11-13)9-6-3;2*1-4-7-10(8-5-2)9-6-3;1-5-8(4,6-2)7-3;2*1-4-7(5-2)6-3/h13-15H,4-12H2,1-3H3;10-12H,4-9H2,1-3H3;10H,4-9H2,1-3H3;4-9H2,1-3H3;5-7H2,1-4H3;7H,4-6H2,1-3H3;4-6H2,1-3H3. The van der Waals surface area contributed by atoms with Gasteiger partial charge < -0.3 is 9.80 Å². The maximum atomic E-state index is 2.54. The van der Waals surface area contributed by atoms with E-state index in [1.54, 1.807) is 16.7 Å². The van der Waals surface area contributed by atoms with Gasteiger partial charge in [0.1, 0.15) is 0 Å². The molecule has 75 heavy (non-hydrogen) atoms. The zero-order chi connectivity index (χ0) is 58.0. The van der Waals surface area contributed by atoms with E-state index in [9.17, 15) is 0 Å². The molecule has 0 N–H and O–H groups in total. The number of nitrogens with zero attached hydrogens (tertiary/aromatic N) is 2. The van der Waals surface area contributed by atoms with Gasteiger partial charge in [-0.05, 0) is 167 Å². The third-order valence-electron chi connectivity index (χ3n) is 15.6. The van der Waals surface area contributed by atoms with Gasteiger partial charge in [0.05, 0.1) is 0 Å². The summed E-state index contributed by atoms with van der Waals surface area (Å²) >= 11 is 0. The monoisotopic (exact) mass is 1050 g/mol.